The molecule has 0 fully saturated rings. The van der Waals surface area contributed by atoms with Crippen molar-refractivity contribution < 1.29 is 0 Å². The highest BCUT2D eigenvalue weighted by molar-refractivity contribution is 6.12. The normalized spacial score (nSPS) is 11.4. The maximum absolute atomic E-state index is 4.92. The van der Waals surface area contributed by atoms with Crippen LogP contribution in [0.2, 0.25) is 0 Å². The first-order valence-corrected chi connectivity index (χ1v) is 19.9. The van der Waals surface area contributed by atoms with Crippen LogP contribution in [0.3, 0.4) is 0 Å². The summed E-state index contributed by atoms with van der Waals surface area (Å²) < 4.78 is 2.41. The zero-order valence-electron chi connectivity index (χ0n) is 32.1. The molecule has 0 bridgehead atoms. The Balaban J connectivity index is 0.956. The van der Waals surface area contributed by atoms with Gasteiger partial charge in [-0.2, -0.15) is 0 Å². The van der Waals surface area contributed by atoms with Crippen LogP contribution < -0.4 is 0 Å². The van der Waals surface area contributed by atoms with Crippen molar-refractivity contribution >= 4 is 32.6 Å². The fourth-order valence-electron chi connectivity index (χ4n) is 8.22. The number of nitrogens with zero attached hydrogens (tertiary/aromatic N) is 4. The number of hydrogen-bond acceptors (Lipinski definition) is 3. The Hall–Kier alpha value is -7.95. The van der Waals surface area contributed by atoms with Gasteiger partial charge in [-0.3, -0.25) is 0 Å². The first-order chi connectivity index (χ1) is 29.2. The zero-order valence-corrected chi connectivity index (χ0v) is 32.1. The van der Waals surface area contributed by atoms with E-state index in [1.165, 1.54) is 54.8 Å². The fraction of sp³-hybridized carbons (Fsp3) is 0. The third kappa shape index (κ3) is 6.43. The van der Waals surface area contributed by atoms with Crippen molar-refractivity contribution in [2.24, 2.45) is 0 Å². The van der Waals surface area contributed by atoms with Crippen LogP contribution in [0.4, 0.5) is 0 Å². The Morgan fingerprint density at radius 1 is 0.254 bits per heavy atom. The first-order valence-electron chi connectivity index (χ1n) is 19.9. The number of fused-ring (bicyclic) bond motifs is 4. The molecule has 9 aromatic carbocycles. The van der Waals surface area contributed by atoms with Gasteiger partial charge in [-0.15, -0.1) is 0 Å². The highest BCUT2D eigenvalue weighted by atomic mass is 15.0. The molecular formula is C55H36N4. The highest BCUT2D eigenvalue weighted by Crippen LogP contribution is 2.38. The van der Waals surface area contributed by atoms with Gasteiger partial charge in [0.1, 0.15) is 0 Å². The van der Waals surface area contributed by atoms with Crippen molar-refractivity contribution in [3.05, 3.63) is 218 Å². The summed E-state index contributed by atoms with van der Waals surface area (Å²) in [6.07, 6.45) is 0. The van der Waals surface area contributed by atoms with Crippen molar-refractivity contribution in [2.45, 2.75) is 0 Å². The van der Waals surface area contributed by atoms with Crippen molar-refractivity contribution in [3.63, 3.8) is 0 Å². The minimum Gasteiger partial charge on any atom is -0.309 e. The molecule has 276 valence electrons. The summed E-state index contributed by atoms with van der Waals surface area (Å²) in [5.41, 5.74) is 13.5. The largest absolute Gasteiger partial charge is 0.309 e. The van der Waals surface area contributed by atoms with Crippen LogP contribution >= 0.6 is 0 Å². The molecular weight excluding hydrogens is 717 g/mol. The van der Waals surface area contributed by atoms with Crippen molar-refractivity contribution in [1.29, 1.82) is 0 Å². The molecule has 0 aliphatic carbocycles. The summed E-state index contributed by atoms with van der Waals surface area (Å²) >= 11 is 0. The molecule has 0 N–H and O–H groups in total. The lowest BCUT2D eigenvalue weighted by Gasteiger charge is -2.11. The van der Waals surface area contributed by atoms with Crippen LogP contribution in [-0.4, -0.2) is 19.5 Å². The van der Waals surface area contributed by atoms with E-state index in [0.717, 1.165) is 33.5 Å². The van der Waals surface area contributed by atoms with Gasteiger partial charge in [0.05, 0.1) is 11.0 Å². The number of hydrogen-bond donors (Lipinski definition) is 0. The second-order valence-electron chi connectivity index (χ2n) is 14.9. The van der Waals surface area contributed by atoms with Crippen LogP contribution in [0.15, 0.2) is 218 Å². The van der Waals surface area contributed by atoms with Gasteiger partial charge in [-0.05, 0) is 86.6 Å². The third-order valence-corrected chi connectivity index (χ3v) is 11.2. The van der Waals surface area contributed by atoms with Gasteiger partial charge in [0.15, 0.2) is 17.5 Å². The maximum Gasteiger partial charge on any atom is 0.164 e. The minimum atomic E-state index is 0.646. The molecule has 4 heteroatoms. The molecule has 11 aromatic rings. The second-order valence-corrected chi connectivity index (χ2v) is 14.9. The number of aromatic nitrogens is 4. The molecule has 2 heterocycles. The van der Waals surface area contributed by atoms with Gasteiger partial charge in [-0.1, -0.05) is 176 Å². The van der Waals surface area contributed by atoms with Crippen LogP contribution in [0.1, 0.15) is 0 Å². The van der Waals surface area contributed by atoms with Gasteiger partial charge in [0, 0.05) is 33.2 Å². The average Bonchev–Trinajstić information content (AvgIpc) is 3.65. The van der Waals surface area contributed by atoms with Gasteiger partial charge in [-0.25, -0.2) is 15.0 Å². The second kappa shape index (κ2) is 14.5. The van der Waals surface area contributed by atoms with Crippen LogP contribution in [0.25, 0.3) is 106 Å². The van der Waals surface area contributed by atoms with E-state index in [1.54, 1.807) is 0 Å². The molecule has 11 rings (SSSR count). The smallest absolute Gasteiger partial charge is 0.164 e. The van der Waals surface area contributed by atoms with E-state index in [1.807, 2.05) is 60.7 Å². The maximum atomic E-state index is 4.92. The molecule has 0 saturated carbocycles. The Bertz CT molecular complexity index is 3130. The molecule has 0 atom stereocenters. The third-order valence-electron chi connectivity index (χ3n) is 11.2. The molecule has 0 aliphatic rings. The van der Waals surface area contributed by atoms with E-state index in [4.69, 9.17) is 15.0 Å². The topological polar surface area (TPSA) is 43.6 Å². The van der Waals surface area contributed by atoms with E-state index in [2.05, 4.69) is 162 Å². The lowest BCUT2D eigenvalue weighted by Crippen LogP contribution is -2.00. The predicted molar refractivity (Wildman–Crippen MR) is 244 cm³/mol. The van der Waals surface area contributed by atoms with E-state index in [0.29, 0.717) is 17.5 Å². The summed E-state index contributed by atoms with van der Waals surface area (Å²) in [4.78, 5) is 14.7. The molecule has 4 nitrogen and oxygen atoms in total. The number of rotatable bonds is 7. The standard InChI is InChI=1S/C55H36N4/c1-5-13-37(14-6-1)46-28-31-51-49(35-46)50-36-47(38-15-7-2-8-16-38)29-32-52(50)59(51)48-30-27-44-33-43(25-26-45(44)34-48)39-21-23-42(24-22-39)55-57-53(40-17-9-3-10-18-40)56-54(58-55)41-19-11-4-12-20-41/h1-36H. The summed E-state index contributed by atoms with van der Waals surface area (Å²) in [5, 5.41) is 4.85. The SMILES string of the molecule is c1ccc(-c2ccc3c(c2)c2cc(-c4ccccc4)ccc2n3-c2ccc3cc(-c4ccc(-c5nc(-c6ccccc6)nc(-c6ccccc6)n5)cc4)ccc3c2)cc1. The summed E-state index contributed by atoms with van der Waals surface area (Å²) in [6.45, 7) is 0. The van der Waals surface area contributed by atoms with Gasteiger partial charge in [0.2, 0.25) is 0 Å². The van der Waals surface area contributed by atoms with Gasteiger partial charge in [0.25, 0.3) is 0 Å². The lowest BCUT2D eigenvalue weighted by molar-refractivity contribution is 1.07. The summed E-state index contributed by atoms with van der Waals surface area (Å²) in [5.74, 6) is 1.96. The molecule has 0 amide bonds. The Morgan fingerprint density at radius 2 is 0.593 bits per heavy atom. The van der Waals surface area contributed by atoms with E-state index in [9.17, 15) is 0 Å². The van der Waals surface area contributed by atoms with Crippen molar-refractivity contribution in [1.82, 2.24) is 19.5 Å². The monoisotopic (exact) mass is 752 g/mol. The fourth-order valence-corrected chi connectivity index (χ4v) is 8.22. The molecule has 0 radical (unpaired) electrons. The first kappa shape index (κ1) is 34.3. The predicted octanol–water partition coefficient (Wildman–Crippen LogP) is 14.1. The molecule has 0 saturated heterocycles. The van der Waals surface area contributed by atoms with E-state index < -0.39 is 0 Å². The Kier molecular flexibility index (Phi) is 8.45. The quantitative estimate of drug-likeness (QED) is 0.163. The van der Waals surface area contributed by atoms with Crippen LogP contribution in [0, 0.1) is 0 Å². The summed E-state index contributed by atoms with van der Waals surface area (Å²) in [7, 11) is 0. The zero-order chi connectivity index (χ0) is 39.1. The Morgan fingerprint density at radius 3 is 1.08 bits per heavy atom. The van der Waals surface area contributed by atoms with Crippen molar-refractivity contribution in [2.75, 3.05) is 0 Å². The summed E-state index contributed by atoms with van der Waals surface area (Å²) in [6, 6.07) is 77.3. The molecule has 2 aromatic heterocycles. The van der Waals surface area contributed by atoms with Crippen LogP contribution in [-0.2, 0) is 0 Å². The lowest BCUT2D eigenvalue weighted by atomic mass is 9.99. The number of benzene rings is 9. The van der Waals surface area contributed by atoms with Gasteiger partial charge < -0.3 is 4.57 Å². The minimum absolute atomic E-state index is 0.646. The molecule has 0 spiro atoms. The van der Waals surface area contributed by atoms with E-state index >= 15 is 0 Å². The average molecular weight is 753 g/mol. The highest BCUT2D eigenvalue weighted by Gasteiger charge is 2.16. The van der Waals surface area contributed by atoms with E-state index in [-0.39, 0.29) is 0 Å². The molecule has 0 unspecified atom stereocenters. The van der Waals surface area contributed by atoms with Crippen LogP contribution in [0.5, 0.6) is 0 Å². The molecule has 0 aliphatic heterocycles. The molecule has 59 heavy (non-hydrogen) atoms. The van der Waals surface area contributed by atoms with Gasteiger partial charge >= 0.3 is 0 Å². The van der Waals surface area contributed by atoms with Crippen molar-refractivity contribution in [3.8, 4) is 73.2 Å². The Labute approximate surface area is 342 Å².